The van der Waals surface area contributed by atoms with Crippen molar-refractivity contribution in [3.05, 3.63) is 47.5 Å². The van der Waals surface area contributed by atoms with Crippen molar-refractivity contribution in [3.63, 3.8) is 0 Å². The van der Waals surface area contributed by atoms with Crippen LogP contribution in [0.2, 0.25) is 0 Å². The second kappa shape index (κ2) is 5.89. The summed E-state index contributed by atoms with van der Waals surface area (Å²) in [4.78, 5) is 4.27. The number of rotatable bonds is 4. The highest BCUT2D eigenvalue weighted by molar-refractivity contribution is 5.48. The number of benzene rings is 1. The standard InChI is InChI=1S/C16H20N4/c1-11(2)14(8-18)16-9-19-10-20(16)15-6-13(7-17)5-4-12(15)3/h4-6,9-11,14H,8,18H2,1-3H3. The van der Waals surface area contributed by atoms with E-state index in [1.54, 1.807) is 6.33 Å². The predicted octanol–water partition coefficient (Wildman–Crippen LogP) is 2.75. The summed E-state index contributed by atoms with van der Waals surface area (Å²) in [6.45, 7) is 6.94. The second-order valence-electron chi connectivity index (χ2n) is 5.39. The van der Waals surface area contributed by atoms with Gasteiger partial charge in [-0.05, 0) is 30.5 Å². The summed E-state index contributed by atoms with van der Waals surface area (Å²) in [5.74, 6) is 0.692. The van der Waals surface area contributed by atoms with Crippen LogP contribution in [0.1, 0.15) is 36.6 Å². The number of aromatic nitrogens is 2. The maximum atomic E-state index is 9.07. The largest absolute Gasteiger partial charge is 0.330 e. The molecule has 4 heteroatoms. The zero-order valence-electron chi connectivity index (χ0n) is 12.2. The molecule has 1 unspecified atom stereocenters. The number of imidazole rings is 1. The fourth-order valence-electron chi connectivity index (χ4n) is 2.45. The lowest BCUT2D eigenvalue weighted by Crippen LogP contribution is -2.20. The van der Waals surface area contributed by atoms with Crippen molar-refractivity contribution in [2.75, 3.05) is 6.54 Å². The highest BCUT2D eigenvalue weighted by atomic mass is 15.1. The molecule has 0 aliphatic rings. The molecule has 0 radical (unpaired) electrons. The number of hydrogen-bond donors (Lipinski definition) is 1. The molecule has 1 aromatic carbocycles. The summed E-state index contributed by atoms with van der Waals surface area (Å²) >= 11 is 0. The van der Waals surface area contributed by atoms with E-state index >= 15 is 0 Å². The Morgan fingerprint density at radius 2 is 2.15 bits per heavy atom. The average Bonchev–Trinajstić information content (AvgIpc) is 2.89. The van der Waals surface area contributed by atoms with Crippen LogP contribution in [-0.4, -0.2) is 16.1 Å². The van der Waals surface area contributed by atoms with Crippen molar-refractivity contribution >= 4 is 0 Å². The molecule has 0 spiro atoms. The molecule has 4 nitrogen and oxygen atoms in total. The third kappa shape index (κ3) is 2.59. The van der Waals surface area contributed by atoms with Crippen LogP contribution in [0.25, 0.3) is 5.69 Å². The third-order valence-corrected chi connectivity index (χ3v) is 3.70. The first-order valence-corrected chi connectivity index (χ1v) is 6.82. The van der Waals surface area contributed by atoms with Gasteiger partial charge in [-0.15, -0.1) is 0 Å². The molecule has 1 heterocycles. The highest BCUT2D eigenvalue weighted by Crippen LogP contribution is 2.27. The van der Waals surface area contributed by atoms with Crippen LogP contribution in [0.3, 0.4) is 0 Å². The van der Waals surface area contributed by atoms with Crippen LogP contribution in [0.15, 0.2) is 30.7 Å². The lowest BCUT2D eigenvalue weighted by atomic mass is 9.92. The summed E-state index contributed by atoms with van der Waals surface area (Å²) in [7, 11) is 0. The van der Waals surface area contributed by atoms with Crippen LogP contribution in [0.5, 0.6) is 0 Å². The molecule has 0 fully saturated rings. The van der Waals surface area contributed by atoms with Gasteiger partial charge < -0.3 is 10.3 Å². The first kappa shape index (κ1) is 14.3. The monoisotopic (exact) mass is 268 g/mol. The van der Waals surface area contributed by atoms with Gasteiger partial charge in [-0.3, -0.25) is 0 Å². The van der Waals surface area contributed by atoms with E-state index in [9.17, 15) is 0 Å². The summed E-state index contributed by atoms with van der Waals surface area (Å²) in [5.41, 5.74) is 9.77. The van der Waals surface area contributed by atoms with Crippen LogP contribution in [-0.2, 0) is 0 Å². The molecule has 0 aliphatic carbocycles. The van der Waals surface area contributed by atoms with Gasteiger partial charge in [-0.2, -0.15) is 5.26 Å². The van der Waals surface area contributed by atoms with E-state index in [1.807, 2.05) is 35.9 Å². The predicted molar refractivity (Wildman–Crippen MR) is 79.6 cm³/mol. The van der Waals surface area contributed by atoms with Crippen LogP contribution in [0.4, 0.5) is 0 Å². The van der Waals surface area contributed by atoms with Gasteiger partial charge in [0.2, 0.25) is 0 Å². The van der Waals surface area contributed by atoms with Gasteiger partial charge >= 0.3 is 0 Å². The fourth-order valence-corrected chi connectivity index (χ4v) is 2.45. The van der Waals surface area contributed by atoms with E-state index < -0.39 is 0 Å². The minimum atomic E-state index is 0.252. The molecule has 0 saturated carbocycles. The average molecular weight is 268 g/mol. The Kier molecular flexibility index (Phi) is 4.21. The van der Waals surface area contributed by atoms with Crippen LogP contribution >= 0.6 is 0 Å². The molecule has 0 saturated heterocycles. The molecule has 1 atom stereocenters. The van der Waals surface area contributed by atoms with Gasteiger partial charge in [-0.25, -0.2) is 4.98 Å². The van der Waals surface area contributed by atoms with E-state index in [-0.39, 0.29) is 5.92 Å². The smallest absolute Gasteiger partial charge is 0.0994 e. The lowest BCUT2D eigenvalue weighted by molar-refractivity contribution is 0.489. The van der Waals surface area contributed by atoms with E-state index in [0.717, 1.165) is 16.9 Å². The Hall–Kier alpha value is -2.12. The van der Waals surface area contributed by atoms with Crippen molar-refractivity contribution in [2.45, 2.75) is 26.7 Å². The van der Waals surface area contributed by atoms with E-state index in [4.69, 9.17) is 11.0 Å². The van der Waals surface area contributed by atoms with Gasteiger partial charge in [-0.1, -0.05) is 19.9 Å². The maximum Gasteiger partial charge on any atom is 0.0994 e. The van der Waals surface area contributed by atoms with E-state index in [0.29, 0.717) is 18.0 Å². The molecule has 2 N–H and O–H groups in total. The number of hydrogen-bond acceptors (Lipinski definition) is 3. The minimum Gasteiger partial charge on any atom is -0.330 e. The van der Waals surface area contributed by atoms with Crippen molar-refractivity contribution in [3.8, 4) is 11.8 Å². The molecule has 0 amide bonds. The first-order valence-electron chi connectivity index (χ1n) is 6.82. The molecular weight excluding hydrogens is 248 g/mol. The molecular formula is C16H20N4. The van der Waals surface area contributed by atoms with Crippen LogP contribution in [0, 0.1) is 24.2 Å². The quantitative estimate of drug-likeness (QED) is 0.927. The lowest BCUT2D eigenvalue weighted by Gasteiger charge is -2.21. The summed E-state index contributed by atoms with van der Waals surface area (Å²) in [6.07, 6.45) is 3.67. The normalized spacial score (nSPS) is 12.4. The fraction of sp³-hybridized carbons (Fsp3) is 0.375. The zero-order valence-corrected chi connectivity index (χ0v) is 12.2. The molecule has 20 heavy (non-hydrogen) atoms. The van der Waals surface area contributed by atoms with Crippen molar-refractivity contribution in [1.82, 2.24) is 9.55 Å². The molecule has 0 aliphatic heterocycles. The Balaban J connectivity index is 2.55. The SMILES string of the molecule is Cc1ccc(C#N)cc1-n1cncc1C(CN)C(C)C. The number of nitriles is 1. The number of nitrogens with zero attached hydrogens (tertiary/aromatic N) is 3. The summed E-state index contributed by atoms with van der Waals surface area (Å²) < 4.78 is 2.05. The van der Waals surface area contributed by atoms with Gasteiger partial charge in [0, 0.05) is 24.4 Å². The van der Waals surface area contributed by atoms with E-state index in [1.165, 1.54) is 0 Å². The number of aryl methyl sites for hydroxylation is 1. The third-order valence-electron chi connectivity index (χ3n) is 3.70. The van der Waals surface area contributed by atoms with Crippen LogP contribution < -0.4 is 5.73 Å². The molecule has 2 rings (SSSR count). The Bertz CT molecular complexity index is 634. The molecule has 1 aromatic heterocycles. The maximum absolute atomic E-state index is 9.07. The number of nitrogens with two attached hydrogens (primary N) is 1. The molecule has 0 bridgehead atoms. The van der Waals surface area contributed by atoms with Gasteiger partial charge in [0.25, 0.3) is 0 Å². The Morgan fingerprint density at radius 1 is 1.40 bits per heavy atom. The van der Waals surface area contributed by atoms with E-state index in [2.05, 4.69) is 24.9 Å². The summed E-state index contributed by atoms with van der Waals surface area (Å²) in [6, 6.07) is 7.88. The Morgan fingerprint density at radius 3 is 2.75 bits per heavy atom. The zero-order chi connectivity index (χ0) is 14.7. The van der Waals surface area contributed by atoms with Gasteiger partial charge in [0.05, 0.1) is 23.6 Å². The topological polar surface area (TPSA) is 67.6 Å². The van der Waals surface area contributed by atoms with Crippen molar-refractivity contribution in [1.29, 1.82) is 5.26 Å². The molecule has 104 valence electrons. The molecule has 2 aromatic rings. The van der Waals surface area contributed by atoms with Gasteiger partial charge in [0.15, 0.2) is 0 Å². The van der Waals surface area contributed by atoms with Crippen molar-refractivity contribution in [2.24, 2.45) is 11.7 Å². The Labute approximate surface area is 119 Å². The summed E-state index contributed by atoms with van der Waals surface area (Å²) in [5, 5.41) is 9.07. The minimum absolute atomic E-state index is 0.252. The van der Waals surface area contributed by atoms with Gasteiger partial charge in [0.1, 0.15) is 0 Å². The first-order chi connectivity index (χ1) is 9.58. The highest BCUT2D eigenvalue weighted by Gasteiger charge is 2.19. The van der Waals surface area contributed by atoms with Crippen molar-refractivity contribution < 1.29 is 0 Å². The second-order valence-corrected chi connectivity index (χ2v) is 5.39.